The first-order valence-electron chi connectivity index (χ1n) is 5.35. The molecule has 3 N–H and O–H groups in total. The number of ether oxygens (including phenoxy) is 1. The highest BCUT2D eigenvalue weighted by atomic mass is 16.5. The first-order chi connectivity index (χ1) is 6.72. The normalized spacial score (nSPS) is 44.8. The molecule has 82 valence electrons. The molecule has 1 heterocycles. The van der Waals surface area contributed by atoms with Crippen LogP contribution in [0.15, 0.2) is 0 Å². The Bertz CT molecular complexity index is 193. The Morgan fingerprint density at radius 1 is 1.21 bits per heavy atom. The molecule has 0 amide bonds. The molecule has 2 aliphatic rings. The van der Waals surface area contributed by atoms with Crippen LogP contribution in [0.3, 0.4) is 0 Å². The largest absolute Gasteiger partial charge is 0.394 e. The molecule has 0 radical (unpaired) electrons. The van der Waals surface area contributed by atoms with Crippen molar-refractivity contribution >= 4 is 0 Å². The smallest absolute Gasteiger partial charge is 0.109 e. The van der Waals surface area contributed by atoms with Crippen LogP contribution in [0.25, 0.3) is 0 Å². The third-order valence-electron chi connectivity index (χ3n) is 3.45. The van der Waals surface area contributed by atoms with Gasteiger partial charge in [0.05, 0.1) is 18.8 Å². The molecule has 0 spiro atoms. The molecule has 0 aromatic heterocycles. The molecule has 1 saturated heterocycles. The lowest BCUT2D eigenvalue weighted by Gasteiger charge is -2.42. The van der Waals surface area contributed by atoms with E-state index in [4.69, 9.17) is 9.84 Å². The molecular formula is C10H18O4. The van der Waals surface area contributed by atoms with E-state index in [9.17, 15) is 10.2 Å². The van der Waals surface area contributed by atoms with Gasteiger partial charge in [-0.25, -0.2) is 0 Å². The minimum absolute atomic E-state index is 0.0271. The first kappa shape index (κ1) is 10.4. The predicted molar refractivity (Wildman–Crippen MR) is 49.7 cm³/mol. The molecule has 4 heteroatoms. The van der Waals surface area contributed by atoms with Crippen molar-refractivity contribution in [2.24, 2.45) is 5.92 Å². The standard InChI is InChI=1S/C10H18O4/c11-5-9-10(13)7(12)4-8(14-9)6-2-1-3-6/h6-13H,1-5H2. The molecule has 4 nitrogen and oxygen atoms in total. The molecule has 1 aliphatic carbocycles. The highest BCUT2D eigenvalue weighted by Gasteiger charge is 2.40. The highest BCUT2D eigenvalue weighted by Crippen LogP contribution is 2.36. The average Bonchev–Trinajstić information content (AvgIpc) is 2.08. The minimum Gasteiger partial charge on any atom is -0.394 e. The van der Waals surface area contributed by atoms with Crippen molar-refractivity contribution in [3.05, 3.63) is 0 Å². The molecule has 2 fully saturated rings. The van der Waals surface area contributed by atoms with Gasteiger partial charge in [0.25, 0.3) is 0 Å². The summed E-state index contributed by atoms with van der Waals surface area (Å²) in [6.07, 6.45) is 1.76. The molecule has 0 aromatic carbocycles. The van der Waals surface area contributed by atoms with Crippen LogP contribution in [0.5, 0.6) is 0 Å². The van der Waals surface area contributed by atoms with E-state index in [1.165, 1.54) is 6.42 Å². The zero-order chi connectivity index (χ0) is 10.1. The van der Waals surface area contributed by atoms with Gasteiger partial charge in [-0.3, -0.25) is 0 Å². The van der Waals surface area contributed by atoms with Gasteiger partial charge in [-0.05, 0) is 18.8 Å². The third kappa shape index (κ3) is 1.80. The Morgan fingerprint density at radius 2 is 1.93 bits per heavy atom. The van der Waals surface area contributed by atoms with Gasteiger partial charge in [0.2, 0.25) is 0 Å². The van der Waals surface area contributed by atoms with Crippen LogP contribution < -0.4 is 0 Å². The summed E-state index contributed by atoms with van der Waals surface area (Å²) >= 11 is 0. The predicted octanol–water partition coefficient (Wildman–Crippen LogP) is -0.342. The van der Waals surface area contributed by atoms with E-state index in [1.807, 2.05) is 0 Å². The molecular weight excluding hydrogens is 184 g/mol. The quantitative estimate of drug-likeness (QED) is 0.573. The SMILES string of the molecule is OCC1OC(C2CCC2)CC(O)C1O. The van der Waals surface area contributed by atoms with Gasteiger partial charge in [0.1, 0.15) is 12.2 Å². The van der Waals surface area contributed by atoms with Crippen LogP contribution >= 0.6 is 0 Å². The van der Waals surface area contributed by atoms with E-state index in [2.05, 4.69) is 0 Å². The maximum atomic E-state index is 9.58. The summed E-state index contributed by atoms with van der Waals surface area (Å²) in [5.74, 6) is 0.520. The zero-order valence-electron chi connectivity index (χ0n) is 8.17. The van der Waals surface area contributed by atoms with E-state index in [1.54, 1.807) is 0 Å². The summed E-state index contributed by atoms with van der Waals surface area (Å²) in [7, 11) is 0. The van der Waals surface area contributed by atoms with Crippen molar-refractivity contribution in [3.63, 3.8) is 0 Å². The van der Waals surface area contributed by atoms with Gasteiger partial charge in [-0.15, -0.1) is 0 Å². The monoisotopic (exact) mass is 202 g/mol. The molecule has 4 unspecified atom stereocenters. The fraction of sp³-hybridized carbons (Fsp3) is 1.00. The Kier molecular flexibility index (Phi) is 3.07. The van der Waals surface area contributed by atoms with Crippen molar-refractivity contribution < 1.29 is 20.1 Å². The Balaban J connectivity index is 1.94. The second-order valence-electron chi connectivity index (χ2n) is 4.38. The Morgan fingerprint density at radius 3 is 2.43 bits per heavy atom. The molecule has 4 atom stereocenters. The van der Waals surface area contributed by atoms with Gasteiger partial charge in [0, 0.05) is 6.42 Å². The number of rotatable bonds is 2. The van der Waals surface area contributed by atoms with Crippen molar-refractivity contribution in [3.8, 4) is 0 Å². The van der Waals surface area contributed by atoms with Gasteiger partial charge in [-0.2, -0.15) is 0 Å². The number of aliphatic hydroxyl groups excluding tert-OH is 3. The molecule has 14 heavy (non-hydrogen) atoms. The molecule has 0 bridgehead atoms. The fourth-order valence-corrected chi connectivity index (χ4v) is 2.25. The lowest BCUT2D eigenvalue weighted by molar-refractivity contribution is -0.198. The lowest BCUT2D eigenvalue weighted by Crippen LogP contribution is -2.52. The topological polar surface area (TPSA) is 69.9 Å². The first-order valence-corrected chi connectivity index (χ1v) is 5.35. The average molecular weight is 202 g/mol. The summed E-state index contributed by atoms with van der Waals surface area (Å²) in [6.45, 7) is -0.221. The van der Waals surface area contributed by atoms with Crippen LogP contribution in [0, 0.1) is 5.92 Å². The van der Waals surface area contributed by atoms with Crippen LogP contribution in [-0.2, 0) is 4.74 Å². The molecule has 1 aliphatic heterocycles. The number of hydrogen-bond donors (Lipinski definition) is 3. The minimum atomic E-state index is -0.934. The van der Waals surface area contributed by atoms with Crippen LogP contribution in [-0.4, -0.2) is 46.3 Å². The zero-order valence-corrected chi connectivity index (χ0v) is 8.17. The third-order valence-corrected chi connectivity index (χ3v) is 3.45. The highest BCUT2D eigenvalue weighted by molar-refractivity contribution is 4.90. The van der Waals surface area contributed by atoms with Crippen molar-refractivity contribution in [1.29, 1.82) is 0 Å². The van der Waals surface area contributed by atoms with Gasteiger partial charge < -0.3 is 20.1 Å². The molecule has 2 rings (SSSR count). The van der Waals surface area contributed by atoms with Gasteiger partial charge in [-0.1, -0.05) is 6.42 Å². The van der Waals surface area contributed by atoms with Gasteiger partial charge in [0.15, 0.2) is 0 Å². The summed E-state index contributed by atoms with van der Waals surface area (Å²) in [5, 5.41) is 28.0. The van der Waals surface area contributed by atoms with E-state index in [0.717, 1.165) is 12.8 Å². The van der Waals surface area contributed by atoms with Crippen molar-refractivity contribution in [2.75, 3.05) is 6.61 Å². The molecule has 0 aromatic rings. The summed E-state index contributed by atoms with van der Waals surface area (Å²) in [4.78, 5) is 0. The second-order valence-corrected chi connectivity index (χ2v) is 4.38. The Labute approximate surface area is 83.5 Å². The Hall–Kier alpha value is -0.160. The maximum absolute atomic E-state index is 9.58. The van der Waals surface area contributed by atoms with Gasteiger partial charge >= 0.3 is 0 Å². The summed E-state index contributed by atoms with van der Waals surface area (Å²) in [5.41, 5.74) is 0. The maximum Gasteiger partial charge on any atom is 0.109 e. The summed E-state index contributed by atoms with van der Waals surface area (Å²) in [6, 6.07) is 0. The second kappa shape index (κ2) is 4.14. The number of aliphatic hydroxyl groups is 3. The van der Waals surface area contributed by atoms with Crippen molar-refractivity contribution in [2.45, 2.75) is 50.1 Å². The van der Waals surface area contributed by atoms with Crippen molar-refractivity contribution in [1.82, 2.24) is 0 Å². The fourth-order valence-electron chi connectivity index (χ4n) is 2.25. The summed E-state index contributed by atoms with van der Waals surface area (Å²) < 4.78 is 5.56. The lowest BCUT2D eigenvalue weighted by atomic mass is 9.77. The van der Waals surface area contributed by atoms with E-state index in [-0.39, 0.29) is 12.7 Å². The number of hydrogen-bond acceptors (Lipinski definition) is 4. The van der Waals surface area contributed by atoms with Crippen LogP contribution in [0.4, 0.5) is 0 Å². The molecule has 1 saturated carbocycles. The van der Waals surface area contributed by atoms with Crippen LogP contribution in [0.1, 0.15) is 25.7 Å². The van der Waals surface area contributed by atoms with E-state index in [0.29, 0.717) is 12.3 Å². The van der Waals surface area contributed by atoms with Crippen LogP contribution in [0.2, 0.25) is 0 Å². The van der Waals surface area contributed by atoms with E-state index < -0.39 is 18.3 Å². The van der Waals surface area contributed by atoms with E-state index >= 15 is 0 Å².